The van der Waals surface area contributed by atoms with Crippen LogP contribution in [0.25, 0.3) is 0 Å². The topological polar surface area (TPSA) is 79.5 Å². The van der Waals surface area contributed by atoms with Crippen LogP contribution in [0.5, 0.6) is 0 Å². The summed E-state index contributed by atoms with van der Waals surface area (Å²) >= 11 is 25.3. The Morgan fingerprint density at radius 1 is 1.00 bits per heavy atom. The Labute approximate surface area is 201 Å². The van der Waals surface area contributed by atoms with Crippen molar-refractivity contribution in [3.63, 3.8) is 0 Å². The van der Waals surface area contributed by atoms with Crippen LogP contribution in [0.4, 0.5) is 5.69 Å². The van der Waals surface area contributed by atoms with E-state index in [9.17, 15) is 9.59 Å². The summed E-state index contributed by atoms with van der Waals surface area (Å²) in [6.45, 7) is 0. The first-order valence-electron chi connectivity index (χ1n) is 7.99. The summed E-state index contributed by atoms with van der Waals surface area (Å²) in [5.74, 6) is -0.887. The van der Waals surface area contributed by atoms with Gasteiger partial charge in [-0.25, -0.2) is 4.79 Å². The van der Waals surface area contributed by atoms with Crippen molar-refractivity contribution in [3.8, 4) is 0 Å². The van der Waals surface area contributed by atoms with E-state index in [4.69, 9.17) is 47.0 Å². The van der Waals surface area contributed by atoms with E-state index in [2.05, 4.69) is 43.3 Å². The van der Waals surface area contributed by atoms with E-state index in [1.807, 2.05) is 0 Å². The molecule has 0 aromatic heterocycles. The van der Waals surface area contributed by atoms with Crippen LogP contribution in [-0.2, 0) is 4.74 Å². The van der Waals surface area contributed by atoms with Gasteiger partial charge in [0.15, 0.2) is 5.11 Å². The third kappa shape index (κ3) is 7.45. The smallest absolute Gasteiger partial charge is 0.337 e. The van der Waals surface area contributed by atoms with E-state index < -0.39 is 21.8 Å². The van der Waals surface area contributed by atoms with Crippen LogP contribution in [0.2, 0.25) is 0 Å². The summed E-state index contributed by atoms with van der Waals surface area (Å²) in [4.78, 5) is 23.9. The summed E-state index contributed by atoms with van der Waals surface area (Å²) in [7, 11) is 1.30. The highest BCUT2D eigenvalue weighted by molar-refractivity contribution is 14.1. The number of esters is 1. The molecule has 154 valence electrons. The normalized spacial score (nSPS) is 11.9. The van der Waals surface area contributed by atoms with E-state index in [1.54, 1.807) is 48.5 Å². The fraction of sp³-hybridized carbons (Fsp3) is 0.167. The van der Waals surface area contributed by atoms with Gasteiger partial charge in [-0.3, -0.25) is 4.79 Å². The third-order valence-electron chi connectivity index (χ3n) is 3.55. The Morgan fingerprint density at radius 2 is 1.55 bits per heavy atom. The SMILES string of the molecule is COC(=O)c1ccc(NC(=S)N[C@H](NC(=O)c2ccc(I)cc2)C(Cl)(Cl)Cl)cc1. The molecule has 6 nitrogen and oxygen atoms in total. The van der Waals surface area contributed by atoms with E-state index in [0.717, 1.165) is 3.57 Å². The van der Waals surface area contributed by atoms with Gasteiger partial charge in [0.05, 0.1) is 12.7 Å². The molecule has 3 N–H and O–H groups in total. The van der Waals surface area contributed by atoms with Crippen molar-refractivity contribution in [1.82, 2.24) is 10.6 Å². The zero-order chi connectivity index (χ0) is 21.6. The van der Waals surface area contributed by atoms with Crippen molar-refractivity contribution in [3.05, 3.63) is 63.2 Å². The van der Waals surface area contributed by atoms with E-state index in [0.29, 0.717) is 16.8 Å². The molecule has 1 atom stereocenters. The van der Waals surface area contributed by atoms with Gasteiger partial charge in [0.2, 0.25) is 3.79 Å². The first-order chi connectivity index (χ1) is 13.6. The summed E-state index contributed by atoms with van der Waals surface area (Å²) in [5, 5.41) is 8.37. The summed E-state index contributed by atoms with van der Waals surface area (Å²) in [6, 6.07) is 13.3. The largest absolute Gasteiger partial charge is 0.465 e. The number of nitrogens with one attached hydrogen (secondary N) is 3. The Bertz CT molecular complexity index is 890. The number of hydrogen-bond acceptors (Lipinski definition) is 4. The number of anilines is 1. The molecule has 11 heteroatoms. The summed E-state index contributed by atoms with van der Waals surface area (Å²) < 4.78 is 3.75. The lowest BCUT2D eigenvalue weighted by molar-refractivity contribution is 0.0600. The molecule has 0 bridgehead atoms. The van der Waals surface area contributed by atoms with Crippen LogP contribution in [0.15, 0.2) is 48.5 Å². The lowest BCUT2D eigenvalue weighted by Crippen LogP contribution is -2.56. The average Bonchev–Trinajstić information content (AvgIpc) is 2.67. The fourth-order valence-electron chi connectivity index (χ4n) is 2.12. The summed E-state index contributed by atoms with van der Waals surface area (Å²) in [5.41, 5.74) is 1.38. The number of rotatable bonds is 5. The lowest BCUT2D eigenvalue weighted by atomic mass is 10.2. The second-order valence-electron chi connectivity index (χ2n) is 5.62. The van der Waals surface area contributed by atoms with E-state index in [-0.39, 0.29) is 5.11 Å². The van der Waals surface area contributed by atoms with Gasteiger partial charge in [0, 0.05) is 14.8 Å². The number of carbonyl (C=O) groups excluding carboxylic acids is 2. The van der Waals surface area contributed by atoms with Crippen molar-refractivity contribution in [2.45, 2.75) is 9.96 Å². The molecule has 0 heterocycles. The first kappa shape index (κ1) is 23.9. The van der Waals surface area contributed by atoms with Gasteiger partial charge in [0.25, 0.3) is 5.91 Å². The van der Waals surface area contributed by atoms with E-state index in [1.165, 1.54) is 7.11 Å². The van der Waals surface area contributed by atoms with Crippen molar-refractivity contribution >= 4 is 92.3 Å². The monoisotopic (exact) mass is 585 g/mol. The second kappa shape index (κ2) is 10.6. The van der Waals surface area contributed by atoms with E-state index >= 15 is 0 Å². The highest BCUT2D eigenvalue weighted by atomic mass is 127. The van der Waals surface area contributed by atoms with Gasteiger partial charge >= 0.3 is 5.97 Å². The standard InChI is InChI=1S/C18H15Cl3IN3O3S/c1-28-15(27)11-4-8-13(9-5-11)23-17(29)25-16(18(19,20)21)24-14(26)10-2-6-12(22)7-3-10/h2-9,16H,1H3,(H,24,26)(H2,23,25,29)/t16-/m0/s1. The van der Waals surface area contributed by atoms with Crippen molar-refractivity contribution in [1.29, 1.82) is 0 Å². The van der Waals surface area contributed by atoms with Gasteiger partial charge in [-0.05, 0) is 83.3 Å². The Morgan fingerprint density at radius 3 is 2.07 bits per heavy atom. The maximum Gasteiger partial charge on any atom is 0.337 e. The molecular formula is C18H15Cl3IN3O3S. The third-order valence-corrected chi connectivity index (χ3v) is 5.14. The number of ether oxygens (including phenoxy) is 1. The molecule has 2 aromatic carbocycles. The highest BCUT2D eigenvalue weighted by Gasteiger charge is 2.34. The average molecular weight is 587 g/mol. The van der Waals surface area contributed by atoms with Gasteiger partial charge in [-0.1, -0.05) is 34.8 Å². The quantitative estimate of drug-likeness (QED) is 0.158. The fourth-order valence-corrected chi connectivity index (χ4v) is 3.04. The molecule has 0 fully saturated rings. The highest BCUT2D eigenvalue weighted by Crippen LogP contribution is 2.29. The van der Waals surface area contributed by atoms with Gasteiger partial charge in [-0.15, -0.1) is 0 Å². The number of amides is 1. The lowest BCUT2D eigenvalue weighted by Gasteiger charge is -2.27. The first-order valence-corrected chi connectivity index (χ1v) is 10.6. The molecule has 2 aromatic rings. The molecule has 0 saturated heterocycles. The van der Waals surface area contributed by atoms with Crippen LogP contribution >= 0.6 is 69.6 Å². The number of halogens is 4. The number of alkyl halides is 3. The van der Waals surface area contributed by atoms with Crippen LogP contribution < -0.4 is 16.0 Å². The molecule has 1 amide bonds. The minimum Gasteiger partial charge on any atom is -0.465 e. The van der Waals surface area contributed by atoms with Crippen LogP contribution in [0.1, 0.15) is 20.7 Å². The van der Waals surface area contributed by atoms with Crippen LogP contribution in [0, 0.1) is 3.57 Å². The van der Waals surface area contributed by atoms with Gasteiger partial charge < -0.3 is 20.7 Å². The molecule has 0 aliphatic carbocycles. The maximum atomic E-state index is 12.4. The number of benzene rings is 2. The van der Waals surface area contributed by atoms with Crippen molar-refractivity contribution < 1.29 is 14.3 Å². The number of thiocarbonyl (C=S) groups is 1. The molecule has 0 unspecified atom stereocenters. The van der Waals surface area contributed by atoms with Crippen molar-refractivity contribution in [2.24, 2.45) is 0 Å². The Hall–Kier alpha value is -1.33. The minimum atomic E-state index is -1.88. The number of carbonyl (C=O) groups is 2. The Kier molecular flexibility index (Phi) is 8.77. The zero-order valence-electron chi connectivity index (χ0n) is 14.8. The zero-order valence-corrected chi connectivity index (χ0v) is 20.1. The predicted octanol–water partition coefficient (Wildman–Crippen LogP) is 4.49. The number of hydrogen-bond donors (Lipinski definition) is 3. The molecule has 29 heavy (non-hydrogen) atoms. The molecule has 0 aliphatic heterocycles. The summed E-state index contributed by atoms with van der Waals surface area (Å²) in [6.07, 6.45) is -1.10. The molecule has 0 radical (unpaired) electrons. The molecule has 0 aliphatic rings. The Balaban J connectivity index is 2.04. The number of methoxy groups -OCH3 is 1. The predicted molar refractivity (Wildman–Crippen MR) is 128 cm³/mol. The molecule has 0 saturated carbocycles. The van der Waals surface area contributed by atoms with Gasteiger partial charge in [0.1, 0.15) is 6.17 Å². The van der Waals surface area contributed by atoms with Crippen LogP contribution in [-0.4, -0.2) is 34.1 Å². The molecule has 2 rings (SSSR count). The maximum absolute atomic E-state index is 12.4. The molecule has 0 spiro atoms. The molecular weight excluding hydrogens is 572 g/mol. The van der Waals surface area contributed by atoms with Crippen molar-refractivity contribution in [2.75, 3.05) is 12.4 Å². The van der Waals surface area contributed by atoms with Gasteiger partial charge in [-0.2, -0.15) is 0 Å². The second-order valence-corrected chi connectivity index (χ2v) is 9.65. The van der Waals surface area contributed by atoms with Crippen LogP contribution in [0.3, 0.4) is 0 Å². The minimum absolute atomic E-state index is 0.107.